The van der Waals surface area contributed by atoms with Crippen molar-refractivity contribution < 1.29 is 47.5 Å². The van der Waals surface area contributed by atoms with E-state index in [1.54, 1.807) is 26.8 Å². The first-order chi connectivity index (χ1) is 25.3. The number of nitrogens with zero attached hydrogens (tertiary/aromatic N) is 5. The monoisotopic (exact) mass is 783 g/mol. The van der Waals surface area contributed by atoms with Gasteiger partial charge in [0.15, 0.2) is 11.0 Å². The maximum absolute atomic E-state index is 14.7. The van der Waals surface area contributed by atoms with E-state index >= 15 is 0 Å². The summed E-state index contributed by atoms with van der Waals surface area (Å²) in [7, 11) is -3.87. The normalized spacial score (nSPS) is 21.2. The maximum Gasteiger partial charge on any atom is 1.00 e. The van der Waals surface area contributed by atoms with E-state index in [1.807, 2.05) is 30.3 Å². The molecule has 2 aliphatic rings. The number of aryl methyl sites for hydroxylation is 1. The fourth-order valence-electron chi connectivity index (χ4n) is 7.72. The number of sulfonamides is 1. The molecule has 3 aromatic rings. The van der Waals surface area contributed by atoms with E-state index in [2.05, 4.69) is 45.7 Å². The number of hydrogen-bond donors (Lipinski definition) is 0. The summed E-state index contributed by atoms with van der Waals surface area (Å²) in [4.78, 5) is 43.1. The van der Waals surface area contributed by atoms with Crippen molar-refractivity contribution in [3.05, 3.63) is 76.0 Å². The van der Waals surface area contributed by atoms with Crippen molar-refractivity contribution in [3.8, 4) is 0 Å². The molecule has 5 rings (SSSR count). The summed E-state index contributed by atoms with van der Waals surface area (Å²) in [5.74, 6) is 1.68. The van der Waals surface area contributed by atoms with Gasteiger partial charge >= 0.3 is 41.2 Å². The fourth-order valence-corrected chi connectivity index (χ4v) is 10.3. The van der Waals surface area contributed by atoms with Crippen molar-refractivity contribution in [2.45, 2.75) is 110 Å². The molecule has 10 nitrogen and oxygen atoms in total. The first-order valence-electron chi connectivity index (χ1n) is 19.1. The van der Waals surface area contributed by atoms with E-state index in [0.717, 1.165) is 44.3 Å². The molecule has 1 saturated carbocycles. The number of fused-ring (bicyclic) bond motifs is 1. The summed E-state index contributed by atoms with van der Waals surface area (Å²) < 4.78 is 36.2. The number of hydrogen-bond acceptors (Lipinski definition) is 9. The van der Waals surface area contributed by atoms with Gasteiger partial charge < -0.3 is 4.74 Å². The largest absolute Gasteiger partial charge is 1.00 e. The molecule has 286 valence electrons. The predicted octanol–water partition coefficient (Wildman–Crippen LogP) is 5.21. The molecule has 1 aliphatic heterocycles. The molecule has 0 bridgehead atoms. The number of aliphatic imine (C=N–C) groups is 1. The average molecular weight is 784 g/mol. The maximum atomic E-state index is 14.7. The van der Waals surface area contributed by atoms with E-state index in [-0.39, 0.29) is 75.3 Å². The average Bonchev–Trinajstić information content (AvgIpc) is 3.44. The molecule has 0 radical (unpaired) electrons. The second kappa shape index (κ2) is 19.5. The summed E-state index contributed by atoms with van der Waals surface area (Å²) in [5.41, 5.74) is 1.36. The summed E-state index contributed by atoms with van der Waals surface area (Å²) in [5, 5.41) is 0.293. The van der Waals surface area contributed by atoms with Crippen LogP contribution in [-0.4, -0.2) is 64.0 Å². The second-order valence-electron chi connectivity index (χ2n) is 14.6. The van der Waals surface area contributed by atoms with Crippen LogP contribution in [0.25, 0.3) is 11.1 Å². The molecule has 3 unspecified atom stereocenters. The molecular weight excluding hydrogens is 730 g/mol. The third-order valence-corrected chi connectivity index (χ3v) is 13.4. The van der Waals surface area contributed by atoms with Gasteiger partial charge in [0.25, 0.3) is 0 Å². The van der Waals surface area contributed by atoms with E-state index in [9.17, 15) is 18.0 Å². The van der Waals surface area contributed by atoms with Gasteiger partial charge in [-0.15, -0.1) is 12.1 Å². The summed E-state index contributed by atoms with van der Waals surface area (Å²) >= 11 is 1.42. The molecule has 1 fully saturated rings. The van der Waals surface area contributed by atoms with Crippen LogP contribution in [0.4, 0.5) is 5.69 Å². The summed E-state index contributed by atoms with van der Waals surface area (Å²) in [6, 6.07) is 15.4. The minimum atomic E-state index is -3.87. The van der Waals surface area contributed by atoms with E-state index in [1.165, 1.54) is 26.7 Å². The van der Waals surface area contributed by atoms with E-state index < -0.39 is 21.7 Å². The van der Waals surface area contributed by atoms with Crippen LogP contribution in [0.5, 0.6) is 0 Å². The smallest absolute Gasteiger partial charge is 0.458 e. The number of rotatable bonds is 15. The van der Waals surface area contributed by atoms with Gasteiger partial charge in [-0.05, 0) is 59.1 Å². The molecule has 1 aliphatic carbocycles. The van der Waals surface area contributed by atoms with Crippen molar-refractivity contribution in [1.29, 1.82) is 0 Å². The Morgan fingerprint density at radius 3 is 2.33 bits per heavy atom. The number of aromatic nitrogens is 3. The van der Waals surface area contributed by atoms with Crippen LogP contribution in [-0.2, 0) is 19.6 Å². The van der Waals surface area contributed by atoms with Crippen molar-refractivity contribution in [2.24, 2.45) is 28.7 Å². The molecule has 13 heteroatoms. The molecular formula is C41H54N5NaO5S2. The number of esters is 1. The Labute approximate surface area is 348 Å². The first kappa shape index (κ1) is 44.1. The van der Waals surface area contributed by atoms with Gasteiger partial charge in [0, 0.05) is 24.4 Å². The number of benzene rings is 2. The van der Waals surface area contributed by atoms with Crippen LogP contribution in [0.15, 0.2) is 62.3 Å². The van der Waals surface area contributed by atoms with Crippen molar-refractivity contribution in [2.75, 3.05) is 18.8 Å². The Kier molecular flexibility index (Phi) is 15.9. The summed E-state index contributed by atoms with van der Waals surface area (Å²) in [6.07, 6.45) is 5.88. The molecule has 54 heavy (non-hydrogen) atoms. The van der Waals surface area contributed by atoms with Crippen molar-refractivity contribution >= 4 is 50.4 Å². The minimum Gasteiger partial charge on any atom is -0.458 e. The first-order valence-corrected chi connectivity index (χ1v) is 21.5. The molecule has 2 aromatic carbocycles. The molecule has 2 heterocycles. The van der Waals surface area contributed by atoms with Gasteiger partial charge in [-0.1, -0.05) is 117 Å². The number of unbranched alkanes of at least 4 members (excludes halogenated alkanes) is 1. The van der Waals surface area contributed by atoms with Crippen LogP contribution in [0.3, 0.4) is 0 Å². The standard InChI is InChI=1S/C41H54N5O5S2.Na/c1-9-13-17-30(10-2)25-52-40-43-38-35(39(47)51-36-28(7)20-26(5)21-29(36)8)34(31-18-15-14-16-19-31)37(46(38)41(48)44-40)42-32-22-27(6)23-33(24-32)53(49,50)45(11-3)12-4;/h14-16,18-19,22,24,26,28-30,36H,9-13,17,20-21,25H2,1-8H3;/q-1;+1. The van der Waals surface area contributed by atoms with Crippen LogP contribution < -0.4 is 35.2 Å². The van der Waals surface area contributed by atoms with Crippen molar-refractivity contribution in [3.63, 3.8) is 0 Å². The zero-order valence-electron chi connectivity index (χ0n) is 33.4. The predicted molar refractivity (Wildman–Crippen MR) is 213 cm³/mol. The van der Waals surface area contributed by atoms with Crippen LogP contribution >= 0.6 is 11.8 Å². The van der Waals surface area contributed by atoms with Crippen LogP contribution in [0.1, 0.15) is 104 Å². The second-order valence-corrected chi connectivity index (χ2v) is 17.5. The Bertz CT molecular complexity index is 2000. The molecule has 0 N–H and O–H groups in total. The minimum absolute atomic E-state index is 0. The quantitative estimate of drug-likeness (QED) is 0.0892. The van der Waals surface area contributed by atoms with E-state index in [4.69, 9.17) is 14.7 Å². The Morgan fingerprint density at radius 2 is 1.72 bits per heavy atom. The number of thioether (sulfide) groups is 1. The number of ether oxygens (including phenoxy) is 1. The van der Waals surface area contributed by atoms with E-state index in [0.29, 0.717) is 46.8 Å². The zero-order valence-corrected chi connectivity index (χ0v) is 37.0. The third kappa shape index (κ3) is 9.84. The molecule has 1 aromatic heterocycles. The SMILES string of the molecule is CCCCC(CC)CSc1nc2n(c(=O)n1)C(=Nc1cc(C)[c-]c(S(=O)(=O)N(CC)CC)c1)C(c1ccccc1)=C2C(=O)OC1C(C)CC(C)CC1C.[Na+]. The number of carbonyl (C=O) groups excluding carboxylic acids is 1. The molecule has 0 saturated heterocycles. The summed E-state index contributed by atoms with van der Waals surface area (Å²) in [6.45, 7) is 16.7. The van der Waals surface area contributed by atoms with Gasteiger partial charge in [-0.2, -0.15) is 16.6 Å². The number of carbonyl (C=O) groups is 1. The Morgan fingerprint density at radius 1 is 1.06 bits per heavy atom. The Hall–Kier alpha value is -2.61. The molecule has 0 amide bonds. The zero-order chi connectivity index (χ0) is 38.4. The third-order valence-electron chi connectivity index (χ3n) is 10.4. The van der Waals surface area contributed by atoms with Gasteiger partial charge in [0.2, 0.25) is 10.0 Å². The van der Waals surface area contributed by atoms with Gasteiger partial charge in [0.1, 0.15) is 17.5 Å². The molecule has 3 atom stereocenters. The van der Waals surface area contributed by atoms with Gasteiger partial charge in [-0.3, -0.25) is 4.99 Å². The van der Waals surface area contributed by atoms with Crippen LogP contribution in [0.2, 0.25) is 0 Å². The van der Waals surface area contributed by atoms with Crippen LogP contribution in [0, 0.1) is 36.7 Å². The molecule has 0 spiro atoms. The number of allylic oxidation sites excluding steroid dienone is 1. The van der Waals surface area contributed by atoms with Gasteiger partial charge in [-0.25, -0.2) is 31.9 Å². The topological polar surface area (TPSA) is 124 Å². The Balaban J connectivity index is 0.00000650. The van der Waals surface area contributed by atoms with Gasteiger partial charge in [0.05, 0.1) is 0 Å². The fraction of sp³-hybridized carbons (Fsp3) is 0.537. The van der Waals surface area contributed by atoms with Crippen molar-refractivity contribution in [1.82, 2.24) is 18.8 Å².